The molecule has 35 heavy (non-hydrogen) atoms. The first-order valence-electron chi connectivity index (χ1n) is 11.8. The summed E-state index contributed by atoms with van der Waals surface area (Å²) >= 11 is 1.59. The summed E-state index contributed by atoms with van der Waals surface area (Å²) in [5, 5.41) is 0. The van der Waals surface area contributed by atoms with Crippen LogP contribution in [0, 0.1) is 0 Å². The van der Waals surface area contributed by atoms with E-state index in [4.69, 9.17) is 9.47 Å². The average molecular weight is 492 g/mol. The number of hydrogen-bond acceptors (Lipinski definition) is 5. The fraction of sp³-hybridized carbons (Fsp3) is 0.310. The van der Waals surface area contributed by atoms with Gasteiger partial charge in [-0.05, 0) is 75.6 Å². The molecule has 0 saturated heterocycles. The second-order valence-corrected chi connectivity index (χ2v) is 10.3. The third-order valence-corrected chi connectivity index (χ3v) is 6.04. The Bertz CT molecular complexity index is 1110. The summed E-state index contributed by atoms with van der Waals surface area (Å²) in [6.45, 7) is 8.85. The first-order valence-corrected chi connectivity index (χ1v) is 12.6. The number of benzene rings is 3. The molecule has 0 N–H and O–H groups in total. The molecular formula is C29H33NO4S. The van der Waals surface area contributed by atoms with E-state index in [1.54, 1.807) is 29.7 Å². The van der Waals surface area contributed by atoms with Crippen LogP contribution in [0.3, 0.4) is 0 Å². The van der Waals surface area contributed by atoms with Crippen LogP contribution in [0.25, 0.3) is 0 Å². The highest BCUT2D eigenvalue weighted by molar-refractivity contribution is 7.99. The highest BCUT2D eigenvalue weighted by atomic mass is 32.2. The quantitative estimate of drug-likeness (QED) is 0.302. The van der Waals surface area contributed by atoms with Gasteiger partial charge >= 0.3 is 12.1 Å². The Morgan fingerprint density at radius 2 is 1.57 bits per heavy atom. The molecule has 0 heterocycles. The highest BCUT2D eigenvalue weighted by Crippen LogP contribution is 2.28. The zero-order valence-corrected chi connectivity index (χ0v) is 21.6. The zero-order chi connectivity index (χ0) is 25.3. The number of carbonyl (C=O) groups is 2. The van der Waals surface area contributed by atoms with Gasteiger partial charge in [-0.25, -0.2) is 9.59 Å². The van der Waals surface area contributed by atoms with E-state index in [1.165, 1.54) is 0 Å². The molecule has 0 bridgehead atoms. The average Bonchev–Trinajstić information content (AvgIpc) is 2.82. The third-order valence-electron chi connectivity index (χ3n) is 5.04. The van der Waals surface area contributed by atoms with E-state index in [0.717, 1.165) is 27.3 Å². The Labute approximate surface area is 212 Å². The van der Waals surface area contributed by atoms with Crippen LogP contribution in [0.15, 0.2) is 88.7 Å². The van der Waals surface area contributed by atoms with Crippen molar-refractivity contribution >= 4 is 23.8 Å². The SMILES string of the molecule is CCOC(=O)c1cccc(Sc2ccc(CCN(Cc3ccccc3)C(=O)OC(C)(C)C)cc2)c1. The normalized spacial score (nSPS) is 11.1. The predicted molar refractivity (Wildman–Crippen MR) is 140 cm³/mol. The van der Waals surface area contributed by atoms with Crippen molar-refractivity contribution in [1.82, 2.24) is 4.90 Å². The lowest BCUT2D eigenvalue weighted by Gasteiger charge is -2.27. The van der Waals surface area contributed by atoms with E-state index >= 15 is 0 Å². The largest absolute Gasteiger partial charge is 0.462 e. The minimum absolute atomic E-state index is 0.310. The maximum Gasteiger partial charge on any atom is 0.410 e. The number of nitrogens with zero attached hydrogens (tertiary/aromatic N) is 1. The molecule has 0 aliphatic rings. The molecule has 184 valence electrons. The number of rotatable bonds is 9. The molecule has 0 radical (unpaired) electrons. The van der Waals surface area contributed by atoms with Gasteiger partial charge in [0.05, 0.1) is 12.2 Å². The lowest BCUT2D eigenvalue weighted by Crippen LogP contribution is -2.37. The summed E-state index contributed by atoms with van der Waals surface area (Å²) in [5.41, 5.74) is 2.20. The summed E-state index contributed by atoms with van der Waals surface area (Å²) in [6, 6.07) is 25.7. The van der Waals surface area contributed by atoms with Gasteiger partial charge in [0.2, 0.25) is 0 Å². The van der Waals surface area contributed by atoms with Gasteiger partial charge < -0.3 is 14.4 Å². The van der Waals surface area contributed by atoms with Gasteiger partial charge in [-0.2, -0.15) is 0 Å². The minimum Gasteiger partial charge on any atom is -0.462 e. The molecule has 0 aliphatic heterocycles. The minimum atomic E-state index is -0.546. The lowest BCUT2D eigenvalue weighted by molar-refractivity contribution is 0.0235. The Balaban J connectivity index is 1.63. The Morgan fingerprint density at radius 1 is 0.857 bits per heavy atom. The van der Waals surface area contributed by atoms with Gasteiger partial charge in [-0.3, -0.25) is 0 Å². The van der Waals surface area contributed by atoms with Crippen LogP contribution in [0.5, 0.6) is 0 Å². The van der Waals surface area contributed by atoms with E-state index in [0.29, 0.717) is 25.3 Å². The molecule has 0 fully saturated rings. The second-order valence-electron chi connectivity index (χ2n) is 9.13. The van der Waals surface area contributed by atoms with Crippen LogP contribution in [0.2, 0.25) is 0 Å². The van der Waals surface area contributed by atoms with Crippen LogP contribution in [0.4, 0.5) is 4.79 Å². The van der Waals surface area contributed by atoms with Crippen LogP contribution < -0.4 is 0 Å². The van der Waals surface area contributed by atoms with Gasteiger partial charge in [0, 0.05) is 22.9 Å². The molecule has 0 atom stereocenters. The van der Waals surface area contributed by atoms with Gasteiger partial charge in [0.1, 0.15) is 5.60 Å². The summed E-state index contributed by atoms with van der Waals surface area (Å²) in [7, 11) is 0. The van der Waals surface area contributed by atoms with Crippen molar-refractivity contribution in [2.45, 2.75) is 56.1 Å². The van der Waals surface area contributed by atoms with E-state index in [2.05, 4.69) is 24.3 Å². The topological polar surface area (TPSA) is 55.8 Å². The van der Waals surface area contributed by atoms with Crippen molar-refractivity contribution < 1.29 is 19.1 Å². The van der Waals surface area contributed by atoms with Crippen LogP contribution in [-0.4, -0.2) is 35.7 Å². The molecule has 0 aliphatic carbocycles. The molecule has 0 aromatic heterocycles. The Kier molecular flexibility index (Phi) is 9.38. The number of amides is 1. The predicted octanol–water partition coefficient (Wildman–Crippen LogP) is 6.99. The fourth-order valence-electron chi connectivity index (χ4n) is 3.39. The summed E-state index contributed by atoms with van der Waals surface area (Å²) < 4.78 is 10.7. The van der Waals surface area contributed by atoms with E-state index in [9.17, 15) is 9.59 Å². The van der Waals surface area contributed by atoms with Crippen molar-refractivity contribution in [1.29, 1.82) is 0 Å². The van der Waals surface area contributed by atoms with Crippen LogP contribution in [0.1, 0.15) is 49.2 Å². The Hall–Kier alpha value is -3.25. The molecule has 5 nitrogen and oxygen atoms in total. The molecule has 1 amide bonds. The maximum atomic E-state index is 12.8. The highest BCUT2D eigenvalue weighted by Gasteiger charge is 2.22. The third kappa shape index (κ3) is 8.80. The van der Waals surface area contributed by atoms with Crippen LogP contribution in [-0.2, 0) is 22.4 Å². The van der Waals surface area contributed by atoms with E-state index in [-0.39, 0.29) is 12.1 Å². The van der Waals surface area contributed by atoms with Crippen molar-refractivity contribution in [3.63, 3.8) is 0 Å². The van der Waals surface area contributed by atoms with Crippen molar-refractivity contribution in [3.8, 4) is 0 Å². The maximum absolute atomic E-state index is 12.8. The molecule has 0 saturated carbocycles. The molecule has 0 spiro atoms. The first kappa shape index (κ1) is 26.4. The van der Waals surface area contributed by atoms with E-state index in [1.807, 2.05) is 69.3 Å². The second kappa shape index (κ2) is 12.5. The summed E-state index contributed by atoms with van der Waals surface area (Å²) in [5.74, 6) is -0.310. The first-order chi connectivity index (χ1) is 16.7. The Morgan fingerprint density at radius 3 is 2.23 bits per heavy atom. The van der Waals surface area contributed by atoms with Gasteiger partial charge in [0.15, 0.2) is 0 Å². The summed E-state index contributed by atoms with van der Waals surface area (Å²) in [4.78, 5) is 28.6. The molecular weight excluding hydrogens is 458 g/mol. The van der Waals surface area contributed by atoms with Gasteiger partial charge in [-0.1, -0.05) is 60.3 Å². The standard InChI is InChI=1S/C29H33NO4S/c1-5-33-27(31)24-12-9-13-26(20-24)35-25-16-14-22(15-17-25)18-19-30(28(32)34-29(2,3)4)21-23-10-7-6-8-11-23/h6-17,20H,5,18-19,21H2,1-4H3. The lowest BCUT2D eigenvalue weighted by atomic mass is 10.1. The van der Waals surface area contributed by atoms with Gasteiger partial charge in [0.25, 0.3) is 0 Å². The zero-order valence-electron chi connectivity index (χ0n) is 20.8. The van der Waals surface area contributed by atoms with E-state index < -0.39 is 5.60 Å². The van der Waals surface area contributed by atoms with Crippen LogP contribution >= 0.6 is 11.8 Å². The van der Waals surface area contributed by atoms with Crippen molar-refractivity contribution in [2.75, 3.05) is 13.2 Å². The number of esters is 1. The van der Waals surface area contributed by atoms with Crippen molar-refractivity contribution in [2.24, 2.45) is 0 Å². The monoisotopic (exact) mass is 491 g/mol. The molecule has 0 unspecified atom stereocenters. The molecule has 3 aromatic rings. The number of ether oxygens (including phenoxy) is 2. The molecule has 6 heteroatoms. The number of hydrogen-bond donors (Lipinski definition) is 0. The summed E-state index contributed by atoms with van der Waals surface area (Å²) in [6.07, 6.45) is 0.407. The number of carbonyl (C=O) groups excluding carboxylic acids is 2. The van der Waals surface area contributed by atoms with Crippen molar-refractivity contribution in [3.05, 3.63) is 95.6 Å². The molecule has 3 aromatic carbocycles. The fourth-order valence-corrected chi connectivity index (χ4v) is 4.27. The smallest absolute Gasteiger partial charge is 0.410 e. The molecule has 3 rings (SSSR count). The van der Waals surface area contributed by atoms with Gasteiger partial charge in [-0.15, -0.1) is 0 Å².